The van der Waals surface area contributed by atoms with Gasteiger partial charge >= 0.3 is 0 Å². The quantitative estimate of drug-likeness (QED) is 0.719. The second kappa shape index (κ2) is 5.19. The van der Waals surface area contributed by atoms with E-state index in [1.807, 2.05) is 24.3 Å². The molecule has 2 aliphatic heterocycles. The lowest BCUT2D eigenvalue weighted by atomic mass is 10.00. The summed E-state index contributed by atoms with van der Waals surface area (Å²) >= 11 is 0. The summed E-state index contributed by atoms with van der Waals surface area (Å²) in [5.74, 6) is 0.803. The van der Waals surface area contributed by atoms with Crippen LogP contribution in [0, 0.1) is 0 Å². The van der Waals surface area contributed by atoms with Crippen LogP contribution >= 0.6 is 0 Å². The monoisotopic (exact) mass is 262 g/mol. The third-order valence-electron chi connectivity index (χ3n) is 3.70. The second-order valence-corrected chi connectivity index (χ2v) is 5.09. The second-order valence-electron chi connectivity index (χ2n) is 5.09. The zero-order chi connectivity index (χ0) is 13.2. The number of benzene rings is 1. The molecule has 0 radical (unpaired) electrons. The molecule has 1 amide bonds. The molecular formula is C14H18N2O3. The highest BCUT2D eigenvalue weighted by atomic mass is 16.5. The minimum absolute atomic E-state index is 0.00278. The molecule has 5 nitrogen and oxygen atoms in total. The number of para-hydroxylation sites is 1. The van der Waals surface area contributed by atoms with Gasteiger partial charge in [0.1, 0.15) is 5.75 Å². The molecule has 1 aromatic rings. The normalized spacial score (nSPS) is 29.4. The summed E-state index contributed by atoms with van der Waals surface area (Å²) in [6.45, 7) is 1.10. The van der Waals surface area contributed by atoms with Crippen LogP contribution in [0.1, 0.15) is 24.4 Å². The maximum Gasteiger partial charge on any atom is 0.237 e. The molecule has 1 aromatic carbocycles. The smallest absolute Gasteiger partial charge is 0.237 e. The van der Waals surface area contributed by atoms with E-state index < -0.39 is 6.10 Å². The Balaban J connectivity index is 1.69. The SMILES string of the molecule is O=C(N[C@@H]1CCOc2ccccc21)[C@@H]1C[C@H](O)CN1. The Morgan fingerprint density at radius 1 is 1.42 bits per heavy atom. The van der Waals surface area contributed by atoms with Gasteiger partial charge < -0.3 is 20.5 Å². The molecule has 19 heavy (non-hydrogen) atoms. The van der Waals surface area contributed by atoms with Crippen molar-refractivity contribution in [1.82, 2.24) is 10.6 Å². The molecule has 0 aromatic heterocycles. The van der Waals surface area contributed by atoms with Crippen molar-refractivity contribution in [2.75, 3.05) is 13.2 Å². The van der Waals surface area contributed by atoms with Crippen LogP contribution in [0.15, 0.2) is 24.3 Å². The zero-order valence-electron chi connectivity index (χ0n) is 10.6. The van der Waals surface area contributed by atoms with Gasteiger partial charge in [-0.15, -0.1) is 0 Å². The van der Waals surface area contributed by atoms with Crippen LogP contribution in [0.3, 0.4) is 0 Å². The van der Waals surface area contributed by atoms with E-state index in [1.165, 1.54) is 0 Å². The number of fused-ring (bicyclic) bond motifs is 1. The highest BCUT2D eigenvalue weighted by molar-refractivity contribution is 5.82. The fourth-order valence-corrected chi connectivity index (χ4v) is 2.68. The summed E-state index contributed by atoms with van der Waals surface area (Å²) in [5, 5.41) is 15.5. The molecule has 3 rings (SSSR count). The van der Waals surface area contributed by atoms with Crippen LogP contribution in [0.4, 0.5) is 0 Å². The Hall–Kier alpha value is -1.59. The molecule has 0 saturated carbocycles. The Bertz CT molecular complexity index is 478. The summed E-state index contributed by atoms with van der Waals surface area (Å²) < 4.78 is 5.57. The van der Waals surface area contributed by atoms with Gasteiger partial charge in [-0.3, -0.25) is 4.79 Å². The summed E-state index contributed by atoms with van der Waals surface area (Å²) in [6.07, 6.45) is 0.840. The van der Waals surface area contributed by atoms with Crippen molar-refractivity contribution in [2.24, 2.45) is 0 Å². The van der Waals surface area contributed by atoms with Crippen molar-refractivity contribution in [3.05, 3.63) is 29.8 Å². The van der Waals surface area contributed by atoms with E-state index in [9.17, 15) is 9.90 Å². The topological polar surface area (TPSA) is 70.6 Å². The molecule has 1 saturated heterocycles. The van der Waals surface area contributed by atoms with E-state index in [2.05, 4.69) is 10.6 Å². The molecule has 2 aliphatic rings. The predicted molar refractivity (Wildman–Crippen MR) is 69.9 cm³/mol. The Morgan fingerprint density at radius 2 is 2.26 bits per heavy atom. The van der Waals surface area contributed by atoms with E-state index in [0.717, 1.165) is 17.7 Å². The van der Waals surface area contributed by atoms with E-state index in [0.29, 0.717) is 19.6 Å². The van der Waals surface area contributed by atoms with Crippen molar-refractivity contribution >= 4 is 5.91 Å². The molecule has 5 heteroatoms. The van der Waals surface area contributed by atoms with Crippen molar-refractivity contribution < 1.29 is 14.6 Å². The summed E-state index contributed by atoms with van der Waals surface area (Å²) in [6, 6.07) is 7.49. The van der Waals surface area contributed by atoms with Crippen LogP contribution in [-0.4, -0.2) is 36.3 Å². The van der Waals surface area contributed by atoms with E-state index >= 15 is 0 Å². The molecule has 102 valence electrons. The fraction of sp³-hybridized carbons (Fsp3) is 0.500. The first-order chi connectivity index (χ1) is 9.24. The zero-order valence-corrected chi connectivity index (χ0v) is 10.6. The third kappa shape index (κ3) is 2.57. The summed E-state index contributed by atoms with van der Waals surface area (Å²) in [7, 11) is 0. The molecule has 1 fully saturated rings. The van der Waals surface area contributed by atoms with E-state index in [1.54, 1.807) is 0 Å². The summed E-state index contributed by atoms with van der Waals surface area (Å²) in [5.41, 5.74) is 1.03. The van der Waals surface area contributed by atoms with Gasteiger partial charge in [-0.2, -0.15) is 0 Å². The molecule has 0 spiro atoms. The van der Waals surface area contributed by atoms with E-state index in [4.69, 9.17) is 4.74 Å². The number of β-amino-alcohol motifs (C(OH)–C–C–N with tert-alkyl or cyclic N) is 1. The van der Waals surface area contributed by atoms with Gasteiger partial charge in [0, 0.05) is 18.5 Å². The number of hydrogen-bond acceptors (Lipinski definition) is 4. The molecule has 0 aliphatic carbocycles. The van der Waals surface area contributed by atoms with Crippen molar-refractivity contribution in [3.63, 3.8) is 0 Å². The third-order valence-corrected chi connectivity index (χ3v) is 3.70. The minimum Gasteiger partial charge on any atom is -0.493 e. The standard InChI is InChI=1S/C14H18N2O3/c17-9-7-12(15-8-9)14(18)16-11-5-6-19-13-4-2-1-3-10(11)13/h1-4,9,11-12,15,17H,5-8H2,(H,16,18)/t9-,11+,12-/m0/s1. The number of carbonyl (C=O) groups is 1. The van der Waals surface area contributed by atoms with Gasteiger partial charge in [0.05, 0.1) is 24.8 Å². The van der Waals surface area contributed by atoms with Crippen molar-refractivity contribution in [3.8, 4) is 5.75 Å². The van der Waals surface area contributed by atoms with E-state index in [-0.39, 0.29) is 18.0 Å². The Labute approximate surface area is 112 Å². The predicted octanol–water partition coefficient (Wildman–Crippen LogP) is 0.349. The van der Waals surface area contributed by atoms with Crippen LogP contribution in [-0.2, 0) is 4.79 Å². The number of rotatable bonds is 2. The molecule has 0 bridgehead atoms. The number of hydrogen-bond donors (Lipinski definition) is 3. The first-order valence-electron chi connectivity index (χ1n) is 6.67. The lowest BCUT2D eigenvalue weighted by Gasteiger charge is -2.27. The molecule has 3 atom stereocenters. The average molecular weight is 262 g/mol. The summed E-state index contributed by atoms with van der Waals surface area (Å²) in [4.78, 5) is 12.1. The first kappa shape index (κ1) is 12.4. The highest BCUT2D eigenvalue weighted by Gasteiger charge is 2.30. The van der Waals surface area contributed by atoms with Gasteiger partial charge in [-0.25, -0.2) is 0 Å². The lowest BCUT2D eigenvalue weighted by molar-refractivity contribution is -0.123. The number of aliphatic hydroxyl groups excluding tert-OH is 1. The van der Waals surface area contributed by atoms with Gasteiger partial charge in [0.2, 0.25) is 5.91 Å². The number of carbonyl (C=O) groups excluding carboxylic acids is 1. The Kier molecular flexibility index (Phi) is 3.40. The average Bonchev–Trinajstić information content (AvgIpc) is 2.86. The first-order valence-corrected chi connectivity index (χ1v) is 6.67. The molecule has 2 heterocycles. The minimum atomic E-state index is -0.419. The molecular weight excluding hydrogens is 244 g/mol. The largest absolute Gasteiger partial charge is 0.493 e. The van der Waals surface area contributed by atoms with Crippen LogP contribution < -0.4 is 15.4 Å². The maximum absolute atomic E-state index is 12.1. The fourth-order valence-electron chi connectivity index (χ4n) is 2.68. The van der Waals surface area contributed by atoms with Gasteiger partial charge in [0.25, 0.3) is 0 Å². The molecule has 3 N–H and O–H groups in total. The van der Waals surface area contributed by atoms with Gasteiger partial charge in [0.15, 0.2) is 0 Å². The van der Waals surface area contributed by atoms with Crippen LogP contribution in [0.25, 0.3) is 0 Å². The molecule has 0 unspecified atom stereocenters. The Morgan fingerprint density at radius 3 is 3.05 bits per heavy atom. The maximum atomic E-state index is 12.1. The number of amides is 1. The van der Waals surface area contributed by atoms with Crippen LogP contribution in [0.5, 0.6) is 5.75 Å². The van der Waals surface area contributed by atoms with Gasteiger partial charge in [-0.1, -0.05) is 18.2 Å². The van der Waals surface area contributed by atoms with Crippen molar-refractivity contribution in [1.29, 1.82) is 0 Å². The highest BCUT2D eigenvalue weighted by Crippen LogP contribution is 2.31. The number of nitrogens with one attached hydrogen (secondary N) is 2. The number of aliphatic hydroxyl groups is 1. The lowest BCUT2D eigenvalue weighted by Crippen LogP contribution is -2.43. The van der Waals surface area contributed by atoms with Crippen molar-refractivity contribution in [2.45, 2.75) is 31.0 Å². The van der Waals surface area contributed by atoms with Crippen LogP contribution in [0.2, 0.25) is 0 Å². The number of ether oxygens (including phenoxy) is 1. The van der Waals surface area contributed by atoms with Gasteiger partial charge in [-0.05, 0) is 12.5 Å².